The van der Waals surface area contributed by atoms with Crippen molar-refractivity contribution in [3.8, 4) is 0 Å². The van der Waals surface area contributed by atoms with Crippen LogP contribution in [0.5, 0.6) is 0 Å². The number of aromatic nitrogens is 2. The van der Waals surface area contributed by atoms with Gasteiger partial charge >= 0.3 is 0 Å². The van der Waals surface area contributed by atoms with Gasteiger partial charge in [0.2, 0.25) is 0 Å². The summed E-state index contributed by atoms with van der Waals surface area (Å²) < 4.78 is 0. The molecule has 1 aromatic carbocycles. The molecule has 0 saturated heterocycles. The van der Waals surface area contributed by atoms with Crippen LogP contribution in [0, 0.1) is 0 Å². The largest absolute Gasteiger partial charge is 0.339 e. The number of hydrogen-bond acceptors (Lipinski definition) is 4. The molecule has 4 heteroatoms. The van der Waals surface area contributed by atoms with Crippen LogP contribution in [0.25, 0.3) is 0 Å². The van der Waals surface area contributed by atoms with Crippen molar-refractivity contribution in [3.63, 3.8) is 0 Å². The zero-order valence-corrected chi connectivity index (χ0v) is 10.7. The SMILES string of the molecule is CC(C)c1ccc(Nc2ccc(CN)cc2)nn1. The molecule has 0 unspecified atom stereocenters. The summed E-state index contributed by atoms with van der Waals surface area (Å²) in [7, 11) is 0. The summed E-state index contributed by atoms with van der Waals surface area (Å²) in [4.78, 5) is 0. The van der Waals surface area contributed by atoms with Crippen molar-refractivity contribution in [1.82, 2.24) is 10.2 Å². The third-order valence-corrected chi connectivity index (χ3v) is 2.74. The van der Waals surface area contributed by atoms with Gasteiger partial charge in [-0.3, -0.25) is 0 Å². The van der Waals surface area contributed by atoms with Gasteiger partial charge in [0.25, 0.3) is 0 Å². The Bertz CT molecular complexity index is 488. The second-order valence-corrected chi connectivity index (χ2v) is 4.52. The lowest BCUT2D eigenvalue weighted by Crippen LogP contribution is -2.00. The molecule has 2 rings (SSSR count). The maximum atomic E-state index is 5.55. The molecule has 1 aromatic heterocycles. The quantitative estimate of drug-likeness (QED) is 0.865. The Labute approximate surface area is 107 Å². The van der Waals surface area contributed by atoms with E-state index in [1.807, 2.05) is 36.4 Å². The minimum Gasteiger partial charge on any atom is -0.339 e. The molecule has 0 aliphatic heterocycles. The van der Waals surface area contributed by atoms with E-state index in [4.69, 9.17) is 5.73 Å². The standard InChI is InChI=1S/C14H18N4/c1-10(2)13-7-8-14(18-17-13)16-12-5-3-11(9-15)4-6-12/h3-8,10H,9,15H2,1-2H3,(H,16,18). The average Bonchev–Trinajstić information content (AvgIpc) is 2.40. The van der Waals surface area contributed by atoms with E-state index in [1.54, 1.807) is 0 Å². The van der Waals surface area contributed by atoms with Gasteiger partial charge in [-0.1, -0.05) is 26.0 Å². The van der Waals surface area contributed by atoms with Gasteiger partial charge in [-0.05, 0) is 35.7 Å². The summed E-state index contributed by atoms with van der Waals surface area (Å²) in [5.41, 5.74) is 8.65. The fourth-order valence-corrected chi connectivity index (χ4v) is 1.59. The monoisotopic (exact) mass is 242 g/mol. The molecule has 1 heterocycles. The maximum absolute atomic E-state index is 5.55. The number of rotatable bonds is 4. The zero-order valence-electron chi connectivity index (χ0n) is 10.7. The second-order valence-electron chi connectivity index (χ2n) is 4.52. The highest BCUT2D eigenvalue weighted by atomic mass is 15.2. The van der Waals surface area contributed by atoms with E-state index >= 15 is 0 Å². The highest BCUT2D eigenvalue weighted by Crippen LogP contribution is 2.16. The van der Waals surface area contributed by atoms with Gasteiger partial charge in [0.05, 0.1) is 5.69 Å². The number of hydrogen-bond donors (Lipinski definition) is 2. The molecule has 0 radical (unpaired) electrons. The Kier molecular flexibility index (Phi) is 3.89. The van der Waals surface area contributed by atoms with Crippen molar-refractivity contribution in [3.05, 3.63) is 47.7 Å². The lowest BCUT2D eigenvalue weighted by Gasteiger charge is -2.07. The molecule has 4 nitrogen and oxygen atoms in total. The van der Waals surface area contributed by atoms with Crippen LogP contribution in [-0.4, -0.2) is 10.2 Å². The molecule has 0 bridgehead atoms. The van der Waals surface area contributed by atoms with Crippen molar-refractivity contribution in [2.24, 2.45) is 5.73 Å². The Morgan fingerprint density at radius 3 is 2.28 bits per heavy atom. The summed E-state index contributed by atoms with van der Waals surface area (Å²) in [6.07, 6.45) is 0. The Hall–Kier alpha value is -1.94. The highest BCUT2D eigenvalue weighted by molar-refractivity contribution is 5.55. The molecule has 0 aliphatic rings. The summed E-state index contributed by atoms with van der Waals surface area (Å²) in [5.74, 6) is 1.15. The molecular formula is C14H18N4. The normalized spacial score (nSPS) is 10.7. The fourth-order valence-electron chi connectivity index (χ4n) is 1.59. The molecule has 0 atom stereocenters. The van der Waals surface area contributed by atoms with Crippen molar-refractivity contribution >= 4 is 11.5 Å². The molecule has 0 spiro atoms. The van der Waals surface area contributed by atoms with Gasteiger partial charge in [-0.15, -0.1) is 5.10 Å². The van der Waals surface area contributed by atoms with Crippen LogP contribution < -0.4 is 11.1 Å². The summed E-state index contributed by atoms with van der Waals surface area (Å²) >= 11 is 0. The topological polar surface area (TPSA) is 63.8 Å². The number of nitrogens with two attached hydrogens (primary N) is 1. The molecule has 3 N–H and O–H groups in total. The lowest BCUT2D eigenvalue weighted by atomic mass is 10.1. The van der Waals surface area contributed by atoms with Gasteiger partial charge in [0.15, 0.2) is 5.82 Å². The zero-order chi connectivity index (χ0) is 13.0. The van der Waals surface area contributed by atoms with E-state index in [1.165, 1.54) is 0 Å². The Morgan fingerprint density at radius 1 is 1.06 bits per heavy atom. The Balaban J connectivity index is 2.08. The number of nitrogens with zero attached hydrogens (tertiary/aromatic N) is 2. The Morgan fingerprint density at radius 2 is 1.78 bits per heavy atom. The highest BCUT2D eigenvalue weighted by Gasteiger charge is 2.02. The van der Waals surface area contributed by atoms with Crippen molar-refractivity contribution < 1.29 is 0 Å². The fraction of sp³-hybridized carbons (Fsp3) is 0.286. The molecule has 2 aromatic rings. The van der Waals surface area contributed by atoms with E-state index in [0.717, 1.165) is 22.8 Å². The van der Waals surface area contributed by atoms with E-state index in [9.17, 15) is 0 Å². The summed E-state index contributed by atoms with van der Waals surface area (Å²) in [6.45, 7) is 4.76. The van der Waals surface area contributed by atoms with Crippen LogP contribution in [0.15, 0.2) is 36.4 Å². The predicted octanol–water partition coefficient (Wildman–Crippen LogP) is 2.80. The minimum absolute atomic E-state index is 0.399. The molecule has 0 saturated carbocycles. The number of nitrogens with one attached hydrogen (secondary N) is 1. The molecule has 18 heavy (non-hydrogen) atoms. The first kappa shape index (κ1) is 12.5. The van der Waals surface area contributed by atoms with Crippen LogP contribution in [-0.2, 0) is 6.54 Å². The molecular weight excluding hydrogens is 224 g/mol. The molecule has 0 amide bonds. The van der Waals surface area contributed by atoms with E-state index in [-0.39, 0.29) is 0 Å². The van der Waals surface area contributed by atoms with Gasteiger partial charge in [0.1, 0.15) is 0 Å². The van der Waals surface area contributed by atoms with E-state index in [0.29, 0.717) is 12.5 Å². The second kappa shape index (κ2) is 5.60. The van der Waals surface area contributed by atoms with Crippen LogP contribution >= 0.6 is 0 Å². The first-order chi connectivity index (χ1) is 8.69. The third-order valence-electron chi connectivity index (χ3n) is 2.74. The molecule has 0 fully saturated rings. The number of benzene rings is 1. The predicted molar refractivity (Wildman–Crippen MR) is 73.7 cm³/mol. The van der Waals surface area contributed by atoms with Crippen LogP contribution in [0.2, 0.25) is 0 Å². The van der Waals surface area contributed by atoms with Gasteiger partial charge in [-0.25, -0.2) is 0 Å². The minimum atomic E-state index is 0.399. The maximum Gasteiger partial charge on any atom is 0.153 e. The first-order valence-electron chi connectivity index (χ1n) is 6.08. The first-order valence-corrected chi connectivity index (χ1v) is 6.08. The number of anilines is 2. The van der Waals surface area contributed by atoms with Crippen LogP contribution in [0.1, 0.15) is 31.0 Å². The van der Waals surface area contributed by atoms with Crippen molar-refractivity contribution in [2.75, 3.05) is 5.32 Å². The summed E-state index contributed by atoms with van der Waals surface area (Å²) in [6, 6.07) is 11.9. The van der Waals surface area contributed by atoms with Crippen molar-refractivity contribution in [1.29, 1.82) is 0 Å². The third kappa shape index (κ3) is 3.05. The van der Waals surface area contributed by atoms with Gasteiger partial charge in [0, 0.05) is 12.2 Å². The van der Waals surface area contributed by atoms with Crippen LogP contribution in [0.3, 0.4) is 0 Å². The van der Waals surface area contributed by atoms with E-state index in [2.05, 4.69) is 29.4 Å². The van der Waals surface area contributed by atoms with E-state index < -0.39 is 0 Å². The van der Waals surface area contributed by atoms with Gasteiger partial charge < -0.3 is 11.1 Å². The smallest absolute Gasteiger partial charge is 0.153 e. The van der Waals surface area contributed by atoms with Gasteiger partial charge in [-0.2, -0.15) is 5.10 Å². The molecule has 0 aliphatic carbocycles. The molecule has 94 valence electrons. The van der Waals surface area contributed by atoms with Crippen LogP contribution in [0.4, 0.5) is 11.5 Å². The average molecular weight is 242 g/mol. The van der Waals surface area contributed by atoms with Crippen molar-refractivity contribution in [2.45, 2.75) is 26.3 Å². The summed E-state index contributed by atoms with van der Waals surface area (Å²) in [5, 5.41) is 11.5. The lowest BCUT2D eigenvalue weighted by molar-refractivity contribution is 0.787.